The average Bonchev–Trinajstić information content (AvgIpc) is 2.27. The molecule has 0 aromatic carbocycles. The van der Waals surface area contributed by atoms with Gasteiger partial charge in [-0.2, -0.15) is 0 Å². The maximum atomic E-state index is 2.60. The Bertz CT molecular complexity index is 406. The largest absolute Gasteiger partial charge is 0.0753 e. The van der Waals surface area contributed by atoms with Crippen molar-refractivity contribution < 1.29 is 0 Å². The third-order valence-corrected chi connectivity index (χ3v) is 5.84. The lowest BCUT2D eigenvalue weighted by Gasteiger charge is -2.51. The number of rotatable bonds is 0. The van der Waals surface area contributed by atoms with Gasteiger partial charge < -0.3 is 0 Å². The normalized spacial score (nSPS) is 37.1. The van der Waals surface area contributed by atoms with Gasteiger partial charge in [-0.25, -0.2) is 0 Å². The fourth-order valence-corrected chi connectivity index (χ4v) is 4.77. The Hall–Kier alpha value is -0.520. The van der Waals surface area contributed by atoms with E-state index in [2.05, 4.69) is 39.8 Å². The number of fused-ring (bicyclic) bond motifs is 2. The summed E-state index contributed by atoms with van der Waals surface area (Å²) in [7, 11) is 0. The summed E-state index contributed by atoms with van der Waals surface area (Å²) in [4.78, 5) is 0. The van der Waals surface area contributed by atoms with Crippen LogP contribution in [-0.4, -0.2) is 0 Å². The van der Waals surface area contributed by atoms with E-state index in [-0.39, 0.29) is 0 Å². The van der Waals surface area contributed by atoms with E-state index in [0.717, 1.165) is 11.8 Å². The molecule has 2 unspecified atom stereocenters. The summed E-state index contributed by atoms with van der Waals surface area (Å²) >= 11 is 0. The summed E-state index contributed by atoms with van der Waals surface area (Å²) in [5.41, 5.74) is 4.35. The van der Waals surface area contributed by atoms with Crippen molar-refractivity contribution in [2.75, 3.05) is 0 Å². The van der Waals surface area contributed by atoms with E-state index in [9.17, 15) is 0 Å². The topological polar surface area (TPSA) is 0 Å². The minimum absolute atomic E-state index is 0.417. The molecule has 18 heavy (non-hydrogen) atoms. The van der Waals surface area contributed by atoms with Crippen LogP contribution in [0.2, 0.25) is 0 Å². The number of allylic oxidation sites excluding steroid dienone is 4. The molecule has 0 aromatic heterocycles. The van der Waals surface area contributed by atoms with Gasteiger partial charge in [0.2, 0.25) is 0 Å². The minimum atomic E-state index is 0.417. The quantitative estimate of drug-likeness (QED) is 0.527. The maximum absolute atomic E-state index is 2.60. The van der Waals surface area contributed by atoms with Gasteiger partial charge in [0.25, 0.3) is 0 Å². The van der Waals surface area contributed by atoms with Gasteiger partial charge in [0.1, 0.15) is 0 Å². The summed E-state index contributed by atoms with van der Waals surface area (Å²) in [6.07, 6.45) is 13.6. The highest BCUT2D eigenvalue weighted by molar-refractivity contribution is 5.37. The predicted molar refractivity (Wildman–Crippen MR) is 78.4 cm³/mol. The molecule has 0 bridgehead atoms. The molecule has 0 aliphatic heterocycles. The molecule has 1 saturated carbocycles. The van der Waals surface area contributed by atoms with Gasteiger partial charge in [-0.05, 0) is 60.3 Å². The Morgan fingerprint density at radius 1 is 1.00 bits per heavy atom. The highest BCUT2D eigenvalue weighted by atomic mass is 14.5. The van der Waals surface area contributed by atoms with Crippen molar-refractivity contribution in [3.63, 3.8) is 0 Å². The lowest BCUT2D eigenvalue weighted by Crippen LogP contribution is -2.41. The smallest absolute Gasteiger partial charge is 0.0108 e. The molecule has 2 atom stereocenters. The second kappa shape index (κ2) is 3.99. The molecule has 0 N–H and O–H groups in total. The van der Waals surface area contributed by atoms with E-state index in [1.807, 2.05) is 0 Å². The predicted octanol–water partition coefficient (Wildman–Crippen LogP) is 5.51. The first-order valence-electron chi connectivity index (χ1n) is 7.83. The first kappa shape index (κ1) is 12.5. The molecule has 0 heterocycles. The van der Waals surface area contributed by atoms with Crippen molar-refractivity contribution in [1.82, 2.24) is 0 Å². The van der Waals surface area contributed by atoms with Gasteiger partial charge in [0.15, 0.2) is 0 Å². The van der Waals surface area contributed by atoms with Gasteiger partial charge >= 0.3 is 0 Å². The summed E-state index contributed by atoms with van der Waals surface area (Å²) in [5.74, 6) is 1.69. The third-order valence-electron chi connectivity index (χ3n) is 5.84. The zero-order chi connectivity index (χ0) is 13.0. The fourth-order valence-electron chi connectivity index (χ4n) is 4.77. The zero-order valence-electron chi connectivity index (χ0n) is 12.6. The Balaban J connectivity index is 2.05. The standard InChI is InChI=1S/C18H28/c1-17(2)10-9-16-14(12-17)11-13-7-5-6-8-15(13)18(16,3)4/h11-12,15-16H,5-10H2,1-4H3. The van der Waals surface area contributed by atoms with Gasteiger partial charge in [0, 0.05) is 0 Å². The third kappa shape index (κ3) is 1.89. The Morgan fingerprint density at radius 2 is 1.78 bits per heavy atom. The van der Waals surface area contributed by atoms with Crippen molar-refractivity contribution in [3.8, 4) is 0 Å². The summed E-state index contributed by atoms with van der Waals surface area (Å²) in [5, 5.41) is 0. The van der Waals surface area contributed by atoms with Crippen LogP contribution in [-0.2, 0) is 0 Å². The van der Waals surface area contributed by atoms with Crippen molar-refractivity contribution in [3.05, 3.63) is 23.3 Å². The van der Waals surface area contributed by atoms with Crippen LogP contribution in [0.3, 0.4) is 0 Å². The summed E-state index contributed by atoms with van der Waals surface area (Å²) in [6.45, 7) is 9.86. The Morgan fingerprint density at radius 3 is 2.56 bits per heavy atom. The molecule has 3 rings (SSSR count). The van der Waals surface area contributed by atoms with E-state index in [1.54, 1.807) is 11.1 Å². The molecule has 100 valence electrons. The van der Waals surface area contributed by atoms with Crippen molar-refractivity contribution in [2.45, 2.75) is 66.2 Å². The molecule has 0 spiro atoms. The number of hydrogen-bond acceptors (Lipinski definition) is 0. The van der Waals surface area contributed by atoms with Crippen LogP contribution in [0, 0.1) is 22.7 Å². The molecule has 0 amide bonds. The molecule has 0 nitrogen and oxygen atoms in total. The lowest BCUT2D eigenvalue weighted by molar-refractivity contribution is 0.108. The van der Waals surface area contributed by atoms with Crippen LogP contribution in [0.1, 0.15) is 66.2 Å². The molecule has 0 heteroatoms. The lowest BCUT2D eigenvalue weighted by atomic mass is 9.54. The average molecular weight is 244 g/mol. The highest BCUT2D eigenvalue weighted by Gasteiger charge is 2.45. The van der Waals surface area contributed by atoms with E-state index in [0.29, 0.717) is 10.8 Å². The van der Waals surface area contributed by atoms with Gasteiger partial charge in [-0.1, -0.05) is 51.8 Å². The molecule has 0 aromatic rings. The van der Waals surface area contributed by atoms with Gasteiger partial charge in [-0.15, -0.1) is 0 Å². The van der Waals surface area contributed by atoms with Crippen LogP contribution in [0.15, 0.2) is 23.3 Å². The zero-order valence-corrected chi connectivity index (χ0v) is 12.6. The van der Waals surface area contributed by atoms with E-state index in [1.165, 1.54) is 38.5 Å². The van der Waals surface area contributed by atoms with Gasteiger partial charge in [0.05, 0.1) is 0 Å². The first-order valence-corrected chi connectivity index (χ1v) is 7.83. The van der Waals surface area contributed by atoms with Crippen LogP contribution in [0.4, 0.5) is 0 Å². The SMILES string of the molecule is CC1(C)C=C2C=C3CCCCC3C(C)(C)C2CC1. The molecule has 3 aliphatic rings. The second-order valence-corrected chi connectivity index (χ2v) is 8.06. The molecular weight excluding hydrogens is 216 g/mol. The van der Waals surface area contributed by atoms with Crippen LogP contribution >= 0.6 is 0 Å². The molecule has 0 saturated heterocycles. The van der Waals surface area contributed by atoms with E-state index in [4.69, 9.17) is 0 Å². The van der Waals surface area contributed by atoms with Gasteiger partial charge in [-0.3, -0.25) is 0 Å². The highest BCUT2D eigenvalue weighted by Crippen LogP contribution is 2.56. The fraction of sp³-hybridized carbons (Fsp3) is 0.778. The van der Waals surface area contributed by atoms with Crippen molar-refractivity contribution in [2.24, 2.45) is 22.7 Å². The van der Waals surface area contributed by atoms with Crippen LogP contribution in [0.25, 0.3) is 0 Å². The van der Waals surface area contributed by atoms with E-state index < -0.39 is 0 Å². The van der Waals surface area contributed by atoms with E-state index >= 15 is 0 Å². The minimum Gasteiger partial charge on any atom is -0.0753 e. The Kier molecular flexibility index (Phi) is 2.77. The molecule has 3 aliphatic carbocycles. The monoisotopic (exact) mass is 244 g/mol. The van der Waals surface area contributed by atoms with Crippen LogP contribution in [0.5, 0.6) is 0 Å². The second-order valence-electron chi connectivity index (χ2n) is 8.06. The maximum Gasteiger partial charge on any atom is -0.0108 e. The summed E-state index contributed by atoms with van der Waals surface area (Å²) < 4.78 is 0. The van der Waals surface area contributed by atoms with Crippen molar-refractivity contribution in [1.29, 1.82) is 0 Å². The summed E-state index contributed by atoms with van der Waals surface area (Å²) in [6, 6.07) is 0. The first-order chi connectivity index (χ1) is 8.40. The molecular formula is C18H28. The van der Waals surface area contributed by atoms with Crippen molar-refractivity contribution >= 4 is 0 Å². The molecule has 1 fully saturated rings. The molecule has 0 radical (unpaired) electrons. The number of hydrogen-bond donors (Lipinski definition) is 0. The van der Waals surface area contributed by atoms with Crippen LogP contribution < -0.4 is 0 Å². The Labute approximate surface area is 113 Å².